The summed E-state index contributed by atoms with van der Waals surface area (Å²) in [7, 11) is 0. The van der Waals surface area contributed by atoms with Crippen molar-refractivity contribution >= 4 is 34.8 Å². The Labute approximate surface area is 113 Å². The zero-order valence-corrected chi connectivity index (χ0v) is 10.6. The second-order valence-corrected chi connectivity index (χ2v) is 4.90. The molecule has 0 aliphatic heterocycles. The molecule has 0 fully saturated rings. The van der Waals surface area contributed by atoms with E-state index in [2.05, 4.69) is 0 Å². The minimum Gasteiger partial charge on any atom is -0.461 e. The van der Waals surface area contributed by atoms with Crippen LogP contribution in [0.2, 0.25) is 0 Å². The van der Waals surface area contributed by atoms with Crippen LogP contribution in [0.3, 0.4) is 0 Å². The van der Waals surface area contributed by atoms with Crippen LogP contribution in [0.4, 0.5) is 0 Å². The number of ketones is 2. The summed E-state index contributed by atoms with van der Waals surface area (Å²) in [5, 5.41) is 0. The summed E-state index contributed by atoms with van der Waals surface area (Å²) in [6.45, 7) is 0. The molecule has 0 amide bonds. The Hall–Kier alpha value is -1.58. The average molecular weight is 283 g/mol. The third-order valence-electron chi connectivity index (χ3n) is 2.35. The number of carbonyl (C=O) groups excluding carboxylic acids is 2. The summed E-state index contributed by atoms with van der Waals surface area (Å²) in [4.78, 5) is 24.0. The third-order valence-corrected chi connectivity index (χ3v) is 3.04. The first kappa shape index (κ1) is 12.9. The molecule has 1 heterocycles. The van der Waals surface area contributed by atoms with Gasteiger partial charge in [-0.1, -0.05) is 53.5 Å². The van der Waals surface area contributed by atoms with Gasteiger partial charge in [-0.05, 0) is 12.1 Å². The highest BCUT2D eigenvalue weighted by Crippen LogP contribution is 2.30. The van der Waals surface area contributed by atoms with Crippen LogP contribution in [0.5, 0.6) is 0 Å². The van der Waals surface area contributed by atoms with E-state index >= 15 is 0 Å². The number of rotatable bonds is 4. The number of halogens is 2. The van der Waals surface area contributed by atoms with E-state index in [0.717, 1.165) is 0 Å². The predicted molar refractivity (Wildman–Crippen MR) is 68.2 cm³/mol. The number of benzene rings is 1. The van der Waals surface area contributed by atoms with Gasteiger partial charge < -0.3 is 4.42 Å². The van der Waals surface area contributed by atoms with Gasteiger partial charge in [0.1, 0.15) is 0 Å². The molecule has 0 radical (unpaired) electrons. The quantitative estimate of drug-likeness (QED) is 0.490. The normalized spacial score (nSPS) is 11.2. The van der Waals surface area contributed by atoms with E-state index in [-0.39, 0.29) is 11.3 Å². The molecule has 0 bridgehead atoms. The summed E-state index contributed by atoms with van der Waals surface area (Å²) in [6.07, 6.45) is 1.31. The Morgan fingerprint density at radius 3 is 2.17 bits per heavy atom. The maximum Gasteiger partial charge on any atom is 0.245 e. The van der Waals surface area contributed by atoms with Gasteiger partial charge in [0.15, 0.2) is 5.76 Å². The molecule has 0 unspecified atom stereocenters. The molecule has 0 saturated carbocycles. The molecule has 1 aromatic heterocycles. The molecule has 0 atom stereocenters. The van der Waals surface area contributed by atoms with Gasteiger partial charge in [0.2, 0.25) is 15.9 Å². The fourth-order valence-electron chi connectivity index (χ4n) is 1.44. The highest BCUT2D eigenvalue weighted by molar-refractivity contribution is 6.70. The van der Waals surface area contributed by atoms with Crippen LogP contribution in [0.25, 0.3) is 0 Å². The number of carbonyl (C=O) groups is 2. The van der Waals surface area contributed by atoms with Crippen LogP contribution in [0.1, 0.15) is 20.9 Å². The van der Waals surface area contributed by atoms with Gasteiger partial charge >= 0.3 is 0 Å². The topological polar surface area (TPSA) is 47.3 Å². The standard InChI is InChI=1S/C13H8Cl2O3/c14-13(15,12(17)10-7-4-8-18-10)11(16)9-5-2-1-3-6-9/h1-8H. The second-order valence-electron chi connectivity index (χ2n) is 3.58. The molecule has 0 aliphatic carbocycles. The molecule has 2 rings (SSSR count). The van der Waals surface area contributed by atoms with E-state index in [0.29, 0.717) is 0 Å². The fraction of sp³-hybridized carbons (Fsp3) is 0.0769. The van der Waals surface area contributed by atoms with Gasteiger partial charge in [0, 0.05) is 5.56 Å². The Balaban J connectivity index is 2.32. The number of alkyl halides is 2. The average Bonchev–Trinajstić information content (AvgIpc) is 2.91. The molecule has 1 aromatic carbocycles. The van der Waals surface area contributed by atoms with Crippen LogP contribution in [0.15, 0.2) is 53.1 Å². The van der Waals surface area contributed by atoms with Gasteiger partial charge in [0.25, 0.3) is 0 Å². The Kier molecular flexibility index (Phi) is 3.55. The lowest BCUT2D eigenvalue weighted by molar-refractivity contribution is 0.0862. The van der Waals surface area contributed by atoms with Crippen LogP contribution in [0, 0.1) is 0 Å². The predicted octanol–water partition coefficient (Wildman–Crippen LogP) is 3.52. The van der Waals surface area contributed by atoms with Crippen molar-refractivity contribution in [2.45, 2.75) is 4.33 Å². The van der Waals surface area contributed by atoms with Crippen molar-refractivity contribution in [1.29, 1.82) is 0 Å². The van der Waals surface area contributed by atoms with Crippen LogP contribution in [-0.2, 0) is 0 Å². The monoisotopic (exact) mass is 282 g/mol. The molecule has 2 aromatic rings. The van der Waals surface area contributed by atoms with Crippen molar-refractivity contribution in [1.82, 2.24) is 0 Å². The van der Waals surface area contributed by atoms with Crippen molar-refractivity contribution in [2.75, 3.05) is 0 Å². The van der Waals surface area contributed by atoms with Gasteiger partial charge in [-0.25, -0.2) is 0 Å². The largest absolute Gasteiger partial charge is 0.461 e. The summed E-state index contributed by atoms with van der Waals surface area (Å²) >= 11 is 11.7. The van der Waals surface area contributed by atoms with Crippen molar-refractivity contribution in [3.8, 4) is 0 Å². The number of furan rings is 1. The zero-order chi connectivity index (χ0) is 13.2. The molecular formula is C13H8Cl2O3. The van der Waals surface area contributed by atoms with Gasteiger partial charge in [-0.15, -0.1) is 0 Å². The summed E-state index contributed by atoms with van der Waals surface area (Å²) in [5.41, 5.74) is 0.266. The summed E-state index contributed by atoms with van der Waals surface area (Å²) in [6, 6.07) is 11.1. The Bertz CT molecular complexity index is 559. The molecule has 3 nitrogen and oxygen atoms in total. The van der Waals surface area contributed by atoms with Crippen molar-refractivity contribution in [3.05, 3.63) is 60.1 Å². The van der Waals surface area contributed by atoms with Crippen molar-refractivity contribution in [3.63, 3.8) is 0 Å². The lowest BCUT2D eigenvalue weighted by Crippen LogP contribution is -2.35. The van der Waals surface area contributed by atoms with Gasteiger partial charge in [-0.3, -0.25) is 9.59 Å². The van der Waals surface area contributed by atoms with E-state index < -0.39 is 15.9 Å². The lowest BCUT2D eigenvalue weighted by atomic mass is 10.0. The first-order chi connectivity index (χ1) is 8.53. The molecule has 0 aliphatic rings. The zero-order valence-electron chi connectivity index (χ0n) is 9.10. The molecule has 5 heteroatoms. The van der Waals surface area contributed by atoms with E-state index in [1.165, 1.54) is 30.5 Å². The number of hydrogen-bond donors (Lipinski definition) is 0. The maximum atomic E-state index is 12.1. The maximum absolute atomic E-state index is 12.1. The first-order valence-corrected chi connectivity index (χ1v) is 5.85. The van der Waals surface area contributed by atoms with Crippen molar-refractivity contribution in [2.24, 2.45) is 0 Å². The second kappa shape index (κ2) is 4.96. The smallest absolute Gasteiger partial charge is 0.245 e. The van der Waals surface area contributed by atoms with Crippen LogP contribution >= 0.6 is 23.2 Å². The third kappa shape index (κ3) is 2.33. The number of Topliss-reactive ketones (excluding diaryl/α,β-unsaturated/α-hetero) is 2. The lowest BCUT2D eigenvalue weighted by Gasteiger charge is -2.15. The molecule has 0 spiro atoms. The van der Waals surface area contributed by atoms with E-state index in [1.54, 1.807) is 18.2 Å². The summed E-state index contributed by atoms with van der Waals surface area (Å²) in [5.74, 6) is -1.50. The highest BCUT2D eigenvalue weighted by Gasteiger charge is 2.44. The van der Waals surface area contributed by atoms with E-state index in [1.807, 2.05) is 0 Å². The Morgan fingerprint density at radius 2 is 1.61 bits per heavy atom. The minimum absolute atomic E-state index is 0.0516. The SMILES string of the molecule is O=C(c1ccccc1)C(Cl)(Cl)C(=O)c1ccco1. The molecule has 18 heavy (non-hydrogen) atoms. The van der Waals surface area contributed by atoms with Crippen molar-refractivity contribution < 1.29 is 14.0 Å². The van der Waals surface area contributed by atoms with Crippen LogP contribution < -0.4 is 0 Å². The first-order valence-electron chi connectivity index (χ1n) is 5.09. The molecule has 92 valence electrons. The summed E-state index contributed by atoms with van der Waals surface area (Å²) < 4.78 is 2.72. The van der Waals surface area contributed by atoms with E-state index in [4.69, 9.17) is 27.6 Å². The minimum atomic E-state index is -2.18. The Morgan fingerprint density at radius 1 is 0.944 bits per heavy atom. The van der Waals surface area contributed by atoms with Gasteiger partial charge in [-0.2, -0.15) is 0 Å². The van der Waals surface area contributed by atoms with Gasteiger partial charge in [0.05, 0.1) is 6.26 Å². The highest BCUT2D eigenvalue weighted by atomic mass is 35.5. The molecular weight excluding hydrogens is 275 g/mol. The van der Waals surface area contributed by atoms with E-state index in [9.17, 15) is 9.59 Å². The fourth-order valence-corrected chi connectivity index (χ4v) is 1.84. The van der Waals surface area contributed by atoms with Crippen LogP contribution in [-0.4, -0.2) is 15.9 Å². The molecule has 0 N–H and O–H groups in total. The molecule has 0 saturated heterocycles. The number of hydrogen-bond acceptors (Lipinski definition) is 3.